The number of methoxy groups -OCH3 is 1. The third-order valence-corrected chi connectivity index (χ3v) is 9.74. The van der Waals surface area contributed by atoms with Crippen molar-refractivity contribution in [1.29, 1.82) is 0 Å². The predicted octanol–water partition coefficient (Wildman–Crippen LogP) is 8.89. The van der Waals surface area contributed by atoms with E-state index in [0.29, 0.717) is 56.4 Å². The molecule has 0 bridgehead atoms. The lowest BCUT2D eigenvalue weighted by atomic mass is 9.99. The van der Waals surface area contributed by atoms with Crippen molar-refractivity contribution in [3.63, 3.8) is 0 Å². The Kier molecular flexibility index (Phi) is 10.4. The molecule has 0 saturated carbocycles. The first-order chi connectivity index (χ1) is 25.3. The number of rotatable bonds is 11. The van der Waals surface area contributed by atoms with Crippen molar-refractivity contribution in [1.82, 2.24) is 14.5 Å². The summed E-state index contributed by atoms with van der Waals surface area (Å²) in [4.78, 5) is 33.9. The van der Waals surface area contributed by atoms with Gasteiger partial charge in [0.25, 0.3) is 5.91 Å². The molecule has 2 aromatic heterocycles. The molecule has 0 unspecified atom stereocenters. The minimum Gasteiger partial charge on any atom is -0.493 e. The summed E-state index contributed by atoms with van der Waals surface area (Å²) in [5.74, 6) is 0.761. The molecule has 52 heavy (non-hydrogen) atoms. The van der Waals surface area contributed by atoms with Gasteiger partial charge in [-0.05, 0) is 86.8 Å². The molecular formula is C41H38ClFN4O5. The van der Waals surface area contributed by atoms with Crippen LogP contribution in [0.2, 0.25) is 5.02 Å². The maximum absolute atomic E-state index is 15.5. The van der Waals surface area contributed by atoms with E-state index in [-0.39, 0.29) is 17.0 Å². The number of halogens is 2. The van der Waals surface area contributed by atoms with Crippen molar-refractivity contribution in [3.8, 4) is 28.7 Å². The molecule has 4 aromatic carbocycles. The topological polar surface area (TPSA) is 94.9 Å². The zero-order chi connectivity index (χ0) is 36.2. The van der Waals surface area contributed by atoms with Gasteiger partial charge in [-0.15, -0.1) is 0 Å². The summed E-state index contributed by atoms with van der Waals surface area (Å²) in [5, 5.41) is 4.05. The van der Waals surface area contributed by atoms with Gasteiger partial charge in [-0.3, -0.25) is 14.6 Å². The monoisotopic (exact) mass is 720 g/mol. The van der Waals surface area contributed by atoms with Crippen molar-refractivity contribution < 1.29 is 23.4 Å². The van der Waals surface area contributed by atoms with Crippen molar-refractivity contribution in [2.75, 3.05) is 38.7 Å². The number of piperidine rings is 1. The molecule has 0 radical (unpaired) electrons. The van der Waals surface area contributed by atoms with Crippen molar-refractivity contribution in [2.24, 2.45) is 5.92 Å². The Morgan fingerprint density at radius 3 is 2.52 bits per heavy atom. The smallest absolute Gasteiger partial charge is 0.261 e. The van der Waals surface area contributed by atoms with Crippen LogP contribution < -0.4 is 25.0 Å². The van der Waals surface area contributed by atoms with Crippen LogP contribution in [0, 0.1) is 11.7 Å². The standard InChI is InChI=1S/C41H38ClFN4O5/c1-26-15-19-46(20-16-26)18-7-21-51-39-24-33-29(23-38(39)50-2)36(14-17-44-33)52-37-13-12-27(22-32(37)43)45-41(49)30-25-47(35-11-6-4-9-31(35)42)34-10-5-3-8-28(34)40(30)48/h3-6,8-14,17,22-26H,7,15-16,18-21H2,1-2H3,(H,45,49). The zero-order valence-corrected chi connectivity index (χ0v) is 29.7. The number of ether oxygens (including phenoxy) is 3. The fourth-order valence-corrected chi connectivity index (χ4v) is 6.74. The third kappa shape index (κ3) is 7.44. The van der Waals surface area contributed by atoms with Crippen LogP contribution in [0.5, 0.6) is 23.0 Å². The van der Waals surface area contributed by atoms with Gasteiger partial charge in [0.2, 0.25) is 5.43 Å². The lowest BCUT2D eigenvalue weighted by Gasteiger charge is -2.30. The predicted molar refractivity (Wildman–Crippen MR) is 202 cm³/mol. The highest BCUT2D eigenvalue weighted by Crippen LogP contribution is 2.38. The van der Waals surface area contributed by atoms with E-state index in [2.05, 4.69) is 22.1 Å². The van der Waals surface area contributed by atoms with Crippen molar-refractivity contribution in [2.45, 2.75) is 26.2 Å². The minimum absolute atomic E-state index is 0.0660. The first kappa shape index (κ1) is 35.0. The average Bonchev–Trinajstić information content (AvgIpc) is 3.15. The Balaban J connectivity index is 1.07. The highest BCUT2D eigenvalue weighted by molar-refractivity contribution is 6.32. The van der Waals surface area contributed by atoms with Gasteiger partial charge in [-0.25, -0.2) is 4.39 Å². The van der Waals surface area contributed by atoms with Crippen LogP contribution in [-0.4, -0.2) is 53.7 Å². The van der Waals surface area contributed by atoms with E-state index < -0.39 is 17.2 Å². The third-order valence-electron chi connectivity index (χ3n) is 9.42. The summed E-state index contributed by atoms with van der Waals surface area (Å²) in [6.07, 6.45) is 6.40. The molecule has 11 heteroatoms. The molecule has 9 nitrogen and oxygen atoms in total. The summed E-state index contributed by atoms with van der Waals surface area (Å²) in [5.41, 5.74) is 1.34. The molecule has 7 rings (SSSR count). The largest absolute Gasteiger partial charge is 0.493 e. The summed E-state index contributed by atoms with van der Waals surface area (Å²) >= 11 is 6.48. The lowest BCUT2D eigenvalue weighted by Crippen LogP contribution is -2.34. The SMILES string of the molecule is COc1cc2c(Oc3ccc(NC(=O)c4cn(-c5ccccc5Cl)c5ccccc5c4=O)cc3F)ccnc2cc1OCCCN1CCC(C)CC1. The van der Waals surface area contributed by atoms with Crippen LogP contribution >= 0.6 is 11.6 Å². The number of fused-ring (bicyclic) bond motifs is 2. The number of hydrogen-bond donors (Lipinski definition) is 1. The molecule has 6 aromatic rings. The van der Waals surface area contributed by atoms with Crippen LogP contribution in [0.25, 0.3) is 27.5 Å². The number of benzene rings is 4. The van der Waals surface area contributed by atoms with E-state index >= 15 is 4.39 Å². The zero-order valence-electron chi connectivity index (χ0n) is 28.9. The average molecular weight is 721 g/mol. The number of anilines is 1. The molecule has 0 spiro atoms. The first-order valence-corrected chi connectivity index (χ1v) is 17.7. The summed E-state index contributed by atoms with van der Waals surface area (Å²) in [6.45, 7) is 6.09. The maximum Gasteiger partial charge on any atom is 0.261 e. The fourth-order valence-electron chi connectivity index (χ4n) is 6.51. The first-order valence-electron chi connectivity index (χ1n) is 17.3. The van der Waals surface area contributed by atoms with Gasteiger partial charge in [0, 0.05) is 47.5 Å². The van der Waals surface area contributed by atoms with Crippen LogP contribution in [0.4, 0.5) is 10.1 Å². The molecule has 1 aliphatic heterocycles. The molecule has 1 fully saturated rings. The van der Waals surface area contributed by atoms with E-state index in [4.69, 9.17) is 25.8 Å². The fraction of sp³-hybridized carbons (Fsp3) is 0.244. The summed E-state index contributed by atoms with van der Waals surface area (Å²) in [7, 11) is 1.57. The van der Waals surface area contributed by atoms with Gasteiger partial charge < -0.3 is 29.0 Å². The summed E-state index contributed by atoms with van der Waals surface area (Å²) < 4.78 is 35.0. The number of nitrogens with one attached hydrogen (secondary N) is 1. The Labute approximate surface area is 305 Å². The Morgan fingerprint density at radius 2 is 1.73 bits per heavy atom. The number of aromatic nitrogens is 2. The Bertz CT molecular complexity index is 2320. The molecule has 1 saturated heterocycles. The molecular weight excluding hydrogens is 683 g/mol. The lowest BCUT2D eigenvalue weighted by molar-refractivity contribution is 0.102. The van der Waals surface area contributed by atoms with Crippen LogP contribution in [0.1, 0.15) is 36.5 Å². The molecule has 3 heterocycles. The Morgan fingerprint density at radius 1 is 0.942 bits per heavy atom. The highest BCUT2D eigenvalue weighted by Gasteiger charge is 2.20. The second-order valence-electron chi connectivity index (χ2n) is 13.0. The molecule has 1 N–H and O–H groups in total. The summed E-state index contributed by atoms with van der Waals surface area (Å²) in [6, 6.07) is 23.4. The van der Waals surface area contributed by atoms with E-state index in [9.17, 15) is 9.59 Å². The molecule has 1 aliphatic rings. The number of carbonyl (C=O) groups excluding carboxylic acids is 1. The van der Waals surface area contributed by atoms with Gasteiger partial charge >= 0.3 is 0 Å². The quantitative estimate of drug-likeness (QED) is 0.134. The van der Waals surface area contributed by atoms with Crippen LogP contribution in [0.15, 0.2) is 102 Å². The van der Waals surface area contributed by atoms with E-state index in [1.165, 1.54) is 31.2 Å². The van der Waals surface area contributed by atoms with Gasteiger partial charge in [0.1, 0.15) is 11.3 Å². The Hall–Kier alpha value is -5.45. The molecule has 1 amide bonds. The minimum atomic E-state index is -0.718. The van der Waals surface area contributed by atoms with Gasteiger partial charge in [-0.2, -0.15) is 0 Å². The molecule has 0 atom stereocenters. The number of para-hydroxylation sites is 2. The van der Waals surface area contributed by atoms with E-state index in [1.807, 2.05) is 6.07 Å². The van der Waals surface area contributed by atoms with Gasteiger partial charge in [0.15, 0.2) is 23.1 Å². The highest BCUT2D eigenvalue weighted by atomic mass is 35.5. The van der Waals surface area contributed by atoms with Crippen LogP contribution in [-0.2, 0) is 0 Å². The number of amides is 1. The second-order valence-corrected chi connectivity index (χ2v) is 13.4. The number of carbonyl (C=O) groups is 1. The van der Waals surface area contributed by atoms with E-state index in [0.717, 1.165) is 38.0 Å². The maximum atomic E-state index is 15.5. The van der Waals surface area contributed by atoms with Crippen LogP contribution in [0.3, 0.4) is 0 Å². The molecule has 266 valence electrons. The number of likely N-dealkylation sites (tertiary alicyclic amines) is 1. The van der Waals surface area contributed by atoms with Crippen molar-refractivity contribution >= 4 is 45.0 Å². The van der Waals surface area contributed by atoms with E-state index in [1.54, 1.807) is 78.5 Å². The molecule has 0 aliphatic carbocycles. The second kappa shape index (κ2) is 15.4. The number of nitrogens with zero attached hydrogens (tertiary/aromatic N) is 3. The van der Waals surface area contributed by atoms with Gasteiger partial charge in [0.05, 0.1) is 35.5 Å². The number of hydrogen-bond acceptors (Lipinski definition) is 7. The normalized spacial score (nSPS) is 13.7. The van der Waals surface area contributed by atoms with Gasteiger partial charge in [-0.1, -0.05) is 42.8 Å². The van der Waals surface area contributed by atoms with Crippen molar-refractivity contribution in [3.05, 3.63) is 124 Å². The number of pyridine rings is 2.